The molecule has 4 nitrogen and oxygen atoms in total. The Balaban J connectivity index is 2.48. The van der Waals surface area contributed by atoms with E-state index in [1.165, 1.54) is 13.2 Å². The molecule has 0 radical (unpaired) electrons. The maximum absolute atomic E-state index is 13.4. The summed E-state index contributed by atoms with van der Waals surface area (Å²) in [7, 11) is 1.33. The number of carbonyl (C=O) groups is 1. The van der Waals surface area contributed by atoms with E-state index in [9.17, 15) is 9.18 Å². The van der Waals surface area contributed by atoms with Crippen LogP contribution < -0.4 is 10.5 Å². The number of halogens is 1. The minimum Gasteiger partial charge on any atom is -0.490 e. The van der Waals surface area contributed by atoms with E-state index in [1.807, 2.05) is 0 Å². The molecule has 0 bridgehead atoms. The van der Waals surface area contributed by atoms with Crippen LogP contribution in [0.15, 0.2) is 18.2 Å². The molecule has 1 aromatic carbocycles. The van der Waals surface area contributed by atoms with E-state index in [-0.39, 0.29) is 31.3 Å². The van der Waals surface area contributed by atoms with Crippen LogP contribution in [0.1, 0.15) is 18.4 Å². The van der Waals surface area contributed by atoms with Gasteiger partial charge in [0.15, 0.2) is 11.6 Å². The van der Waals surface area contributed by atoms with Gasteiger partial charge in [-0.2, -0.15) is 0 Å². The van der Waals surface area contributed by atoms with Crippen LogP contribution in [0.3, 0.4) is 0 Å². The highest BCUT2D eigenvalue weighted by atomic mass is 19.1. The summed E-state index contributed by atoms with van der Waals surface area (Å²) in [5, 5.41) is 0. The molecule has 1 aromatic rings. The number of nitrogens with two attached hydrogens (primary N) is 1. The summed E-state index contributed by atoms with van der Waals surface area (Å²) in [6.45, 7) is 0.465. The Labute approximate surface area is 99.5 Å². The van der Waals surface area contributed by atoms with Gasteiger partial charge in [0, 0.05) is 18.5 Å². The summed E-state index contributed by atoms with van der Waals surface area (Å²) >= 11 is 0. The Morgan fingerprint density at radius 1 is 1.47 bits per heavy atom. The van der Waals surface area contributed by atoms with Gasteiger partial charge in [0.25, 0.3) is 0 Å². The lowest BCUT2D eigenvalue weighted by Crippen LogP contribution is -2.08. The predicted octanol–water partition coefficient (Wildman–Crippen LogP) is 1.62. The van der Waals surface area contributed by atoms with Gasteiger partial charge in [0.1, 0.15) is 0 Å². The summed E-state index contributed by atoms with van der Waals surface area (Å²) in [6, 6.07) is 4.60. The SMILES string of the molecule is COC(=O)CCCOc1c(F)cccc1CN. The molecule has 0 spiro atoms. The van der Waals surface area contributed by atoms with Crippen molar-refractivity contribution in [2.75, 3.05) is 13.7 Å². The Bertz CT molecular complexity index is 382. The van der Waals surface area contributed by atoms with Gasteiger partial charge in [-0.05, 0) is 12.5 Å². The van der Waals surface area contributed by atoms with Gasteiger partial charge in [-0.25, -0.2) is 4.39 Å². The second-order valence-electron chi connectivity index (χ2n) is 3.46. The number of methoxy groups -OCH3 is 1. The summed E-state index contributed by atoms with van der Waals surface area (Å²) in [5.74, 6) is -0.577. The van der Waals surface area contributed by atoms with Gasteiger partial charge in [0.2, 0.25) is 0 Å². The lowest BCUT2D eigenvalue weighted by molar-refractivity contribution is -0.140. The molecule has 0 saturated heterocycles. The quantitative estimate of drug-likeness (QED) is 0.607. The topological polar surface area (TPSA) is 61.5 Å². The molecule has 5 heteroatoms. The molecule has 1 rings (SSSR count). The average molecular weight is 241 g/mol. The molecule has 94 valence electrons. The van der Waals surface area contributed by atoms with Crippen molar-refractivity contribution in [2.45, 2.75) is 19.4 Å². The smallest absolute Gasteiger partial charge is 0.305 e. The molecule has 0 fully saturated rings. The number of ether oxygens (including phenoxy) is 2. The summed E-state index contributed by atoms with van der Waals surface area (Å²) in [5.41, 5.74) is 6.09. The largest absolute Gasteiger partial charge is 0.490 e. The van der Waals surface area contributed by atoms with Gasteiger partial charge < -0.3 is 15.2 Å². The molecule has 17 heavy (non-hydrogen) atoms. The first kappa shape index (κ1) is 13.4. The highest BCUT2D eigenvalue weighted by molar-refractivity contribution is 5.69. The third kappa shape index (κ3) is 4.03. The summed E-state index contributed by atoms with van der Waals surface area (Å²) in [4.78, 5) is 10.8. The molecule has 0 aromatic heterocycles. The average Bonchev–Trinajstić information content (AvgIpc) is 2.35. The lowest BCUT2D eigenvalue weighted by Gasteiger charge is -2.10. The van der Waals surface area contributed by atoms with E-state index in [4.69, 9.17) is 10.5 Å². The van der Waals surface area contributed by atoms with Crippen LogP contribution in [0, 0.1) is 5.82 Å². The third-order valence-corrected chi connectivity index (χ3v) is 2.27. The van der Waals surface area contributed by atoms with E-state index in [1.54, 1.807) is 12.1 Å². The second kappa shape index (κ2) is 6.85. The number of para-hydroxylation sites is 1. The Morgan fingerprint density at radius 3 is 2.88 bits per heavy atom. The van der Waals surface area contributed by atoms with E-state index in [2.05, 4.69) is 4.74 Å². The number of esters is 1. The zero-order valence-corrected chi connectivity index (χ0v) is 9.74. The van der Waals surface area contributed by atoms with Crippen molar-refractivity contribution < 1.29 is 18.7 Å². The van der Waals surface area contributed by atoms with Crippen LogP contribution >= 0.6 is 0 Å². The van der Waals surface area contributed by atoms with E-state index >= 15 is 0 Å². The van der Waals surface area contributed by atoms with Crippen molar-refractivity contribution in [1.29, 1.82) is 0 Å². The van der Waals surface area contributed by atoms with Crippen LogP contribution in [0.25, 0.3) is 0 Å². The lowest BCUT2D eigenvalue weighted by atomic mass is 10.2. The van der Waals surface area contributed by atoms with Crippen LogP contribution in [-0.4, -0.2) is 19.7 Å². The summed E-state index contributed by atoms with van der Waals surface area (Å²) in [6.07, 6.45) is 0.730. The number of hydrogen-bond acceptors (Lipinski definition) is 4. The van der Waals surface area contributed by atoms with Crippen LogP contribution in [0.2, 0.25) is 0 Å². The molecular weight excluding hydrogens is 225 g/mol. The van der Waals surface area contributed by atoms with Gasteiger partial charge in [-0.15, -0.1) is 0 Å². The zero-order chi connectivity index (χ0) is 12.7. The Morgan fingerprint density at radius 2 is 2.24 bits per heavy atom. The molecule has 0 atom stereocenters. The first-order valence-corrected chi connectivity index (χ1v) is 5.36. The fourth-order valence-electron chi connectivity index (χ4n) is 1.37. The fraction of sp³-hybridized carbons (Fsp3) is 0.417. The fourth-order valence-corrected chi connectivity index (χ4v) is 1.37. The van der Waals surface area contributed by atoms with Crippen molar-refractivity contribution in [3.8, 4) is 5.75 Å². The van der Waals surface area contributed by atoms with Gasteiger partial charge in [-0.1, -0.05) is 12.1 Å². The molecule has 0 aliphatic rings. The highest BCUT2D eigenvalue weighted by Gasteiger charge is 2.08. The van der Waals surface area contributed by atoms with Gasteiger partial charge in [0.05, 0.1) is 13.7 Å². The molecule has 0 heterocycles. The van der Waals surface area contributed by atoms with E-state index in [0.717, 1.165) is 0 Å². The molecule has 2 N–H and O–H groups in total. The number of rotatable bonds is 6. The van der Waals surface area contributed by atoms with Crippen LogP contribution in [0.4, 0.5) is 4.39 Å². The first-order valence-electron chi connectivity index (χ1n) is 5.36. The monoisotopic (exact) mass is 241 g/mol. The van der Waals surface area contributed by atoms with Gasteiger partial charge >= 0.3 is 5.97 Å². The normalized spacial score (nSPS) is 10.1. The number of hydrogen-bond donors (Lipinski definition) is 1. The van der Waals surface area contributed by atoms with Crippen molar-refractivity contribution >= 4 is 5.97 Å². The highest BCUT2D eigenvalue weighted by Crippen LogP contribution is 2.22. The number of carbonyl (C=O) groups excluding carboxylic acids is 1. The van der Waals surface area contributed by atoms with Crippen molar-refractivity contribution in [1.82, 2.24) is 0 Å². The third-order valence-electron chi connectivity index (χ3n) is 2.27. The number of benzene rings is 1. The zero-order valence-electron chi connectivity index (χ0n) is 9.74. The maximum atomic E-state index is 13.4. The van der Waals surface area contributed by atoms with Crippen molar-refractivity contribution in [2.24, 2.45) is 5.73 Å². The van der Waals surface area contributed by atoms with E-state index in [0.29, 0.717) is 12.0 Å². The molecule has 0 amide bonds. The molecule has 0 saturated carbocycles. The first-order chi connectivity index (χ1) is 8.19. The van der Waals surface area contributed by atoms with E-state index < -0.39 is 5.82 Å². The Hall–Kier alpha value is -1.62. The maximum Gasteiger partial charge on any atom is 0.305 e. The minimum absolute atomic E-state index is 0.167. The van der Waals surface area contributed by atoms with Crippen LogP contribution in [0.5, 0.6) is 5.75 Å². The standard InChI is InChI=1S/C12H16FNO3/c1-16-11(15)6-3-7-17-12-9(8-14)4-2-5-10(12)13/h2,4-5H,3,6-8,14H2,1H3. The second-order valence-corrected chi connectivity index (χ2v) is 3.46. The van der Waals surface area contributed by atoms with Crippen molar-refractivity contribution in [3.05, 3.63) is 29.6 Å². The molecule has 0 unspecified atom stereocenters. The molecule has 0 aliphatic heterocycles. The summed E-state index contributed by atoms with van der Waals surface area (Å²) < 4.78 is 23.2. The minimum atomic E-state index is -0.439. The molecule has 0 aliphatic carbocycles. The predicted molar refractivity (Wildman–Crippen MR) is 61.0 cm³/mol. The molecular formula is C12H16FNO3. The van der Waals surface area contributed by atoms with Crippen molar-refractivity contribution in [3.63, 3.8) is 0 Å². The van der Waals surface area contributed by atoms with Crippen LogP contribution in [-0.2, 0) is 16.1 Å². The van der Waals surface area contributed by atoms with Gasteiger partial charge in [-0.3, -0.25) is 4.79 Å². The Kier molecular flexibility index (Phi) is 5.42.